The topological polar surface area (TPSA) is 50.7 Å². The monoisotopic (exact) mass is 310 g/mol. The van der Waals surface area contributed by atoms with Crippen LogP contribution in [0.15, 0.2) is 47.1 Å². The van der Waals surface area contributed by atoms with Gasteiger partial charge in [0.2, 0.25) is 0 Å². The molecule has 0 radical (unpaired) electrons. The molecular formula is C14H9ClF2N2O2. The molecule has 3 rings (SSSR count). The highest BCUT2D eigenvalue weighted by Gasteiger charge is 2.24. The molecule has 1 unspecified atom stereocenters. The van der Waals surface area contributed by atoms with Gasteiger partial charge in [0.05, 0.1) is 16.4 Å². The van der Waals surface area contributed by atoms with Crippen LogP contribution in [0.2, 0.25) is 5.02 Å². The molecule has 1 aromatic rings. The molecule has 0 bridgehead atoms. The predicted molar refractivity (Wildman–Crippen MR) is 74.0 cm³/mol. The van der Waals surface area contributed by atoms with Crippen LogP contribution in [0.5, 0.6) is 5.75 Å². The summed E-state index contributed by atoms with van der Waals surface area (Å²) in [7, 11) is 0. The van der Waals surface area contributed by atoms with Crippen LogP contribution in [0, 0.1) is 0 Å². The van der Waals surface area contributed by atoms with Gasteiger partial charge in [0.15, 0.2) is 0 Å². The van der Waals surface area contributed by atoms with Crippen LogP contribution in [0.1, 0.15) is 11.5 Å². The Hall–Kier alpha value is -2.21. The molecule has 1 heterocycles. The molecule has 108 valence electrons. The lowest BCUT2D eigenvalue weighted by Gasteiger charge is -2.17. The molecule has 0 fully saturated rings. The van der Waals surface area contributed by atoms with Gasteiger partial charge in [-0.2, -0.15) is 13.8 Å². The zero-order chi connectivity index (χ0) is 15.0. The van der Waals surface area contributed by atoms with Crippen molar-refractivity contribution in [2.75, 3.05) is 0 Å². The maximum absolute atomic E-state index is 12.3. The summed E-state index contributed by atoms with van der Waals surface area (Å²) in [5.74, 6) is -0.336. The van der Waals surface area contributed by atoms with Crippen LogP contribution in [0.3, 0.4) is 0 Å². The average Bonchev–Trinajstić information content (AvgIpc) is 2.79. The number of nitrogens with zero attached hydrogens (tertiary/aromatic N) is 1. The molecule has 21 heavy (non-hydrogen) atoms. The molecule has 4 nitrogen and oxygen atoms in total. The van der Waals surface area contributed by atoms with Gasteiger partial charge >= 0.3 is 12.6 Å². The second-order valence-corrected chi connectivity index (χ2v) is 4.81. The lowest BCUT2D eigenvalue weighted by Crippen LogP contribution is -2.17. The van der Waals surface area contributed by atoms with Crippen LogP contribution in [0.25, 0.3) is 0 Å². The van der Waals surface area contributed by atoms with E-state index in [1.165, 1.54) is 6.07 Å². The minimum absolute atomic E-state index is 0.0779. The van der Waals surface area contributed by atoms with Gasteiger partial charge in [-0.15, -0.1) is 0 Å². The number of rotatable bonds is 3. The largest absolute Gasteiger partial charge is 0.433 e. The van der Waals surface area contributed by atoms with Crippen LogP contribution in [0.4, 0.5) is 13.6 Å². The molecule has 1 aromatic carbocycles. The molecule has 1 aliphatic heterocycles. The van der Waals surface area contributed by atoms with Gasteiger partial charge in [-0.3, -0.25) is 0 Å². The van der Waals surface area contributed by atoms with Crippen molar-refractivity contribution in [1.82, 2.24) is 5.32 Å². The fourth-order valence-corrected chi connectivity index (χ4v) is 2.52. The highest BCUT2D eigenvalue weighted by Crippen LogP contribution is 2.36. The average molecular weight is 311 g/mol. The number of carbonyl (C=O) groups is 1. The smallest absolute Gasteiger partial charge is 0.387 e. The molecule has 1 aliphatic carbocycles. The van der Waals surface area contributed by atoms with Crippen molar-refractivity contribution >= 4 is 23.3 Å². The minimum atomic E-state index is -2.94. The van der Waals surface area contributed by atoms with Gasteiger partial charge in [0.1, 0.15) is 5.75 Å². The minimum Gasteiger partial charge on any atom is -0.433 e. The first kappa shape index (κ1) is 13.8. The Morgan fingerprint density at radius 3 is 2.95 bits per heavy atom. The number of benzene rings is 1. The van der Waals surface area contributed by atoms with Crippen LogP contribution < -0.4 is 10.1 Å². The molecular weight excluding hydrogens is 302 g/mol. The Kier molecular flexibility index (Phi) is 3.47. The molecule has 0 spiro atoms. The standard InChI is InChI=1S/C14H9ClF2N2O2/c15-12-8(2-1-3-11(12)21-13(16)17)7-4-5-9-10(6-7)19-14(20)18-9/h1-7,13H,(H,19,20). The van der Waals surface area contributed by atoms with E-state index in [1.807, 2.05) is 0 Å². The summed E-state index contributed by atoms with van der Waals surface area (Å²) >= 11 is 6.12. The fraction of sp³-hybridized carbons (Fsp3) is 0.143. The zero-order valence-corrected chi connectivity index (χ0v) is 11.3. The second-order valence-electron chi connectivity index (χ2n) is 4.43. The number of halogens is 3. The Bertz CT molecular complexity index is 698. The Labute approximate surface area is 123 Å². The van der Waals surface area contributed by atoms with E-state index >= 15 is 0 Å². The molecule has 0 saturated heterocycles. The fourth-order valence-electron chi connectivity index (χ4n) is 2.23. The number of amides is 2. The highest BCUT2D eigenvalue weighted by molar-refractivity contribution is 6.33. The van der Waals surface area contributed by atoms with Crippen molar-refractivity contribution in [2.24, 2.45) is 4.99 Å². The number of hydrogen-bond donors (Lipinski definition) is 1. The van der Waals surface area contributed by atoms with E-state index in [0.717, 1.165) is 0 Å². The number of aliphatic imine (C=N–C) groups is 1. The lowest BCUT2D eigenvalue weighted by molar-refractivity contribution is -0.0498. The number of nitrogens with one attached hydrogen (secondary N) is 1. The number of allylic oxidation sites excluding steroid dienone is 3. The Morgan fingerprint density at radius 1 is 1.38 bits per heavy atom. The van der Waals surface area contributed by atoms with Crippen molar-refractivity contribution in [2.45, 2.75) is 12.5 Å². The Morgan fingerprint density at radius 2 is 2.19 bits per heavy atom. The molecule has 7 heteroatoms. The third-order valence-corrected chi connectivity index (χ3v) is 3.52. The second kappa shape index (κ2) is 5.29. The normalized spacial score (nSPS) is 20.0. The number of hydrogen-bond acceptors (Lipinski definition) is 2. The molecule has 0 aromatic heterocycles. The summed E-state index contributed by atoms with van der Waals surface area (Å²) in [6.07, 6.45) is 5.24. The van der Waals surface area contributed by atoms with E-state index in [0.29, 0.717) is 17.0 Å². The number of fused-ring (bicyclic) bond motifs is 1. The van der Waals surface area contributed by atoms with Crippen molar-refractivity contribution in [3.05, 3.63) is 52.7 Å². The summed E-state index contributed by atoms with van der Waals surface area (Å²) in [5, 5.41) is 2.71. The number of alkyl halides is 2. The predicted octanol–water partition coefficient (Wildman–Crippen LogP) is 3.64. The third-order valence-electron chi connectivity index (χ3n) is 3.12. The number of urea groups is 1. The third kappa shape index (κ3) is 2.67. The van der Waals surface area contributed by atoms with Crippen LogP contribution in [-0.2, 0) is 0 Å². The molecule has 0 saturated carbocycles. The summed E-state index contributed by atoms with van der Waals surface area (Å²) in [6.45, 7) is -2.94. The summed E-state index contributed by atoms with van der Waals surface area (Å²) in [4.78, 5) is 15.0. The van der Waals surface area contributed by atoms with Gasteiger partial charge in [0, 0.05) is 5.92 Å². The summed E-state index contributed by atoms with van der Waals surface area (Å²) in [5.41, 5.74) is 1.75. The number of carbonyl (C=O) groups excluding carboxylic acids is 1. The number of ether oxygens (including phenoxy) is 1. The van der Waals surface area contributed by atoms with E-state index in [9.17, 15) is 13.6 Å². The maximum Gasteiger partial charge on any atom is 0.387 e. The SMILES string of the molecule is O=C1N=C2C=CC(c3cccc(OC(F)F)c3Cl)C=C2N1. The van der Waals surface area contributed by atoms with Crippen molar-refractivity contribution in [1.29, 1.82) is 0 Å². The first-order chi connectivity index (χ1) is 10.0. The van der Waals surface area contributed by atoms with Gasteiger partial charge in [-0.25, -0.2) is 4.79 Å². The van der Waals surface area contributed by atoms with E-state index in [-0.39, 0.29) is 16.7 Å². The van der Waals surface area contributed by atoms with Gasteiger partial charge in [-0.1, -0.05) is 29.8 Å². The van der Waals surface area contributed by atoms with E-state index in [4.69, 9.17) is 11.6 Å². The summed E-state index contributed by atoms with van der Waals surface area (Å²) in [6, 6.07) is 4.25. The van der Waals surface area contributed by atoms with Crippen molar-refractivity contribution in [3.63, 3.8) is 0 Å². The van der Waals surface area contributed by atoms with Gasteiger partial charge in [-0.05, 0) is 23.8 Å². The Balaban J connectivity index is 1.94. The molecule has 2 aliphatic rings. The first-order valence-corrected chi connectivity index (χ1v) is 6.45. The molecule has 2 amide bonds. The van der Waals surface area contributed by atoms with E-state index < -0.39 is 12.6 Å². The van der Waals surface area contributed by atoms with E-state index in [1.54, 1.807) is 30.4 Å². The summed E-state index contributed by atoms with van der Waals surface area (Å²) < 4.78 is 29.0. The first-order valence-electron chi connectivity index (χ1n) is 6.08. The van der Waals surface area contributed by atoms with Gasteiger partial charge < -0.3 is 10.1 Å². The highest BCUT2D eigenvalue weighted by atomic mass is 35.5. The molecule has 1 N–H and O–H groups in total. The molecule has 1 atom stereocenters. The maximum atomic E-state index is 12.3. The lowest BCUT2D eigenvalue weighted by atomic mass is 9.92. The van der Waals surface area contributed by atoms with Crippen molar-refractivity contribution < 1.29 is 18.3 Å². The van der Waals surface area contributed by atoms with Crippen LogP contribution in [-0.4, -0.2) is 18.4 Å². The van der Waals surface area contributed by atoms with E-state index in [2.05, 4.69) is 15.0 Å². The zero-order valence-electron chi connectivity index (χ0n) is 10.5. The van der Waals surface area contributed by atoms with Gasteiger partial charge in [0.25, 0.3) is 0 Å². The van der Waals surface area contributed by atoms with Crippen LogP contribution >= 0.6 is 11.6 Å². The van der Waals surface area contributed by atoms with Crippen molar-refractivity contribution in [3.8, 4) is 5.75 Å². The quantitative estimate of drug-likeness (QED) is 0.926.